The number of nitrogens with zero attached hydrogens (tertiary/aromatic N) is 4. The quantitative estimate of drug-likeness (QED) is 0.673. The van der Waals surface area contributed by atoms with E-state index < -0.39 is 11.7 Å². The van der Waals surface area contributed by atoms with Gasteiger partial charge in [-0.3, -0.25) is 4.79 Å². The number of carbonyl (C=O) groups is 1. The second-order valence-corrected chi connectivity index (χ2v) is 6.92. The number of piperazine rings is 1. The summed E-state index contributed by atoms with van der Waals surface area (Å²) in [5.74, 6) is -0.162. The fraction of sp³-hybridized carbons (Fsp3) is 0.300. The van der Waals surface area contributed by atoms with E-state index in [1.54, 1.807) is 21.6 Å². The van der Waals surface area contributed by atoms with Crippen molar-refractivity contribution in [3.8, 4) is 0 Å². The van der Waals surface area contributed by atoms with Crippen molar-refractivity contribution in [3.63, 3.8) is 0 Å². The van der Waals surface area contributed by atoms with E-state index in [0.29, 0.717) is 43.2 Å². The molecule has 146 valence electrons. The van der Waals surface area contributed by atoms with Crippen LogP contribution < -0.4 is 4.90 Å². The lowest BCUT2D eigenvalue weighted by molar-refractivity contribution is -0.137. The number of aryl methyl sites for hydroxylation is 1. The van der Waals surface area contributed by atoms with Crippen LogP contribution >= 0.6 is 0 Å². The lowest BCUT2D eigenvalue weighted by Crippen LogP contribution is -2.49. The average Bonchev–Trinajstić information content (AvgIpc) is 3.10. The van der Waals surface area contributed by atoms with E-state index in [2.05, 4.69) is 4.98 Å². The molecule has 0 bridgehead atoms. The molecule has 0 radical (unpaired) electrons. The van der Waals surface area contributed by atoms with E-state index in [1.807, 2.05) is 30.2 Å². The second kappa shape index (κ2) is 6.85. The highest BCUT2D eigenvalue weighted by Gasteiger charge is 2.31. The number of hydrogen-bond acceptors (Lipinski definition) is 3. The Morgan fingerprint density at radius 2 is 1.82 bits per heavy atom. The Kier molecular flexibility index (Phi) is 4.49. The third-order valence-corrected chi connectivity index (χ3v) is 4.94. The maximum absolute atomic E-state index is 12.9. The van der Waals surface area contributed by atoms with Crippen LogP contribution in [0.1, 0.15) is 21.6 Å². The fourth-order valence-corrected chi connectivity index (χ4v) is 3.40. The van der Waals surface area contributed by atoms with E-state index in [1.165, 1.54) is 6.07 Å². The predicted octanol–water partition coefficient (Wildman–Crippen LogP) is 3.62. The largest absolute Gasteiger partial charge is 0.416 e. The molecule has 0 aliphatic carbocycles. The molecule has 0 spiro atoms. The molecular weight excluding hydrogens is 369 g/mol. The van der Waals surface area contributed by atoms with E-state index in [4.69, 9.17) is 0 Å². The van der Waals surface area contributed by atoms with Gasteiger partial charge in [0.05, 0.1) is 5.56 Å². The third-order valence-electron chi connectivity index (χ3n) is 4.94. The van der Waals surface area contributed by atoms with Gasteiger partial charge in [-0.05, 0) is 42.8 Å². The molecule has 0 N–H and O–H groups in total. The summed E-state index contributed by atoms with van der Waals surface area (Å²) in [7, 11) is 0. The molecule has 1 aromatic carbocycles. The first-order valence-corrected chi connectivity index (χ1v) is 8.98. The summed E-state index contributed by atoms with van der Waals surface area (Å²) in [6.45, 7) is 3.77. The van der Waals surface area contributed by atoms with Gasteiger partial charge in [0.1, 0.15) is 11.3 Å². The van der Waals surface area contributed by atoms with Gasteiger partial charge in [0.25, 0.3) is 5.91 Å². The lowest BCUT2D eigenvalue weighted by Gasteiger charge is -2.36. The van der Waals surface area contributed by atoms with Crippen molar-refractivity contribution in [3.05, 3.63) is 65.6 Å². The highest BCUT2D eigenvalue weighted by molar-refractivity contribution is 5.93. The van der Waals surface area contributed by atoms with Gasteiger partial charge in [-0.15, -0.1) is 0 Å². The first kappa shape index (κ1) is 18.3. The highest BCUT2D eigenvalue weighted by Crippen LogP contribution is 2.31. The maximum Gasteiger partial charge on any atom is 0.416 e. The Morgan fingerprint density at radius 3 is 2.54 bits per heavy atom. The van der Waals surface area contributed by atoms with Gasteiger partial charge >= 0.3 is 6.18 Å². The van der Waals surface area contributed by atoms with E-state index in [-0.39, 0.29) is 5.91 Å². The zero-order valence-corrected chi connectivity index (χ0v) is 15.3. The van der Waals surface area contributed by atoms with Crippen molar-refractivity contribution in [2.24, 2.45) is 0 Å². The second-order valence-electron chi connectivity index (χ2n) is 6.92. The first-order chi connectivity index (χ1) is 13.3. The van der Waals surface area contributed by atoms with Crippen LogP contribution in [0.5, 0.6) is 0 Å². The number of alkyl halides is 3. The van der Waals surface area contributed by atoms with Crippen LogP contribution in [0.15, 0.2) is 48.8 Å². The highest BCUT2D eigenvalue weighted by atomic mass is 19.4. The first-order valence-electron chi connectivity index (χ1n) is 8.98. The van der Waals surface area contributed by atoms with Crippen LogP contribution in [0, 0.1) is 6.92 Å². The molecule has 3 aromatic rings. The number of carbonyl (C=O) groups excluding carboxylic acids is 1. The molecule has 4 rings (SSSR count). The van der Waals surface area contributed by atoms with Gasteiger partial charge in [-0.25, -0.2) is 4.98 Å². The number of halogens is 3. The normalized spacial score (nSPS) is 15.3. The molecular formula is C20H19F3N4O. The smallest absolute Gasteiger partial charge is 0.368 e. The lowest BCUT2D eigenvalue weighted by atomic mass is 10.1. The van der Waals surface area contributed by atoms with Crippen molar-refractivity contribution < 1.29 is 18.0 Å². The summed E-state index contributed by atoms with van der Waals surface area (Å²) in [5.41, 5.74) is 2.00. The number of hydrogen-bond donors (Lipinski definition) is 0. The summed E-state index contributed by atoms with van der Waals surface area (Å²) in [6, 6.07) is 9.14. The number of fused-ring (bicyclic) bond motifs is 1. The Morgan fingerprint density at radius 1 is 1.07 bits per heavy atom. The molecule has 1 saturated heterocycles. The standard InChI is InChI=1S/C20H19F3N4O/c1-14-5-6-27-13-17(24-18(27)11-14)19(28)26-9-7-25(8-10-26)16-4-2-3-15(12-16)20(21,22)23/h2-6,11-13H,7-10H2,1H3. The van der Waals surface area contributed by atoms with Crippen molar-refractivity contribution in [1.29, 1.82) is 0 Å². The molecule has 2 aromatic heterocycles. The third kappa shape index (κ3) is 3.54. The van der Waals surface area contributed by atoms with E-state index >= 15 is 0 Å². The Labute approximate surface area is 160 Å². The zero-order chi connectivity index (χ0) is 19.9. The number of imidazole rings is 1. The Balaban J connectivity index is 1.45. The Hall–Kier alpha value is -3.03. The minimum absolute atomic E-state index is 0.162. The number of benzene rings is 1. The number of amides is 1. The van der Waals surface area contributed by atoms with Gasteiger partial charge < -0.3 is 14.2 Å². The van der Waals surface area contributed by atoms with Crippen LogP contribution in [0.25, 0.3) is 5.65 Å². The minimum Gasteiger partial charge on any atom is -0.368 e. The van der Waals surface area contributed by atoms with Gasteiger partial charge in [0, 0.05) is 44.3 Å². The Bertz CT molecular complexity index is 1020. The molecule has 3 heterocycles. The van der Waals surface area contributed by atoms with Crippen LogP contribution in [0.4, 0.5) is 18.9 Å². The van der Waals surface area contributed by atoms with E-state index in [0.717, 1.165) is 17.7 Å². The molecule has 5 nitrogen and oxygen atoms in total. The molecule has 1 amide bonds. The maximum atomic E-state index is 12.9. The topological polar surface area (TPSA) is 40.9 Å². The predicted molar refractivity (Wildman–Crippen MR) is 99.5 cm³/mol. The van der Waals surface area contributed by atoms with Gasteiger partial charge in [-0.1, -0.05) is 6.07 Å². The molecule has 0 unspecified atom stereocenters. The van der Waals surface area contributed by atoms with Gasteiger partial charge in [-0.2, -0.15) is 13.2 Å². The van der Waals surface area contributed by atoms with Crippen LogP contribution in [0.2, 0.25) is 0 Å². The van der Waals surface area contributed by atoms with Crippen molar-refractivity contribution in [2.75, 3.05) is 31.1 Å². The SMILES string of the molecule is Cc1ccn2cc(C(=O)N3CCN(c4cccc(C(F)(F)F)c4)CC3)nc2c1. The molecule has 0 atom stereocenters. The van der Waals surface area contributed by atoms with Crippen LogP contribution in [0.3, 0.4) is 0 Å². The summed E-state index contributed by atoms with van der Waals surface area (Å²) >= 11 is 0. The molecule has 28 heavy (non-hydrogen) atoms. The fourth-order valence-electron chi connectivity index (χ4n) is 3.40. The van der Waals surface area contributed by atoms with Crippen LogP contribution in [-0.4, -0.2) is 46.4 Å². The molecule has 1 fully saturated rings. The summed E-state index contributed by atoms with van der Waals surface area (Å²) in [4.78, 5) is 20.7. The van der Waals surface area contributed by atoms with Crippen molar-refractivity contribution >= 4 is 17.2 Å². The van der Waals surface area contributed by atoms with Crippen molar-refractivity contribution in [1.82, 2.24) is 14.3 Å². The summed E-state index contributed by atoms with van der Waals surface area (Å²) in [6.07, 6.45) is -0.800. The summed E-state index contributed by atoms with van der Waals surface area (Å²) < 4.78 is 40.6. The summed E-state index contributed by atoms with van der Waals surface area (Å²) in [5, 5.41) is 0. The monoisotopic (exact) mass is 388 g/mol. The number of pyridine rings is 1. The number of rotatable bonds is 2. The van der Waals surface area contributed by atoms with Gasteiger partial charge in [0.15, 0.2) is 0 Å². The number of anilines is 1. The van der Waals surface area contributed by atoms with Crippen LogP contribution in [-0.2, 0) is 6.18 Å². The zero-order valence-electron chi connectivity index (χ0n) is 15.3. The van der Waals surface area contributed by atoms with Gasteiger partial charge in [0.2, 0.25) is 0 Å². The molecule has 1 aliphatic rings. The number of aromatic nitrogens is 2. The average molecular weight is 388 g/mol. The minimum atomic E-state index is -4.37. The van der Waals surface area contributed by atoms with E-state index in [9.17, 15) is 18.0 Å². The van der Waals surface area contributed by atoms with Crippen molar-refractivity contribution in [2.45, 2.75) is 13.1 Å². The molecule has 1 aliphatic heterocycles. The molecule has 8 heteroatoms. The molecule has 0 saturated carbocycles.